The van der Waals surface area contributed by atoms with Gasteiger partial charge in [-0.1, -0.05) is 66.2 Å². The van der Waals surface area contributed by atoms with Crippen molar-refractivity contribution in [2.75, 3.05) is 49.5 Å². The SMILES string of the molecule is Cc1cc(S(=O)(=O)NC(=O)c2ccc(N3CCN(Cc4ccccc4-c4ccc(Cl)cc4)CC3)cc2COc2ccccc2)ccc1NCC1=CCOC=C1. The normalized spacial score (nSPS) is 14.5. The standard InChI is InChI=1S/C44H43ClN4O5S/c1-32-27-40(16-18-43(32)46-29-33-19-25-53-26-20-33)55(51,52)47-44(50)42-17-15-38(28-36(42)31-54-39-8-3-2-4-9-39)49-23-21-48(22-24-49)30-35-7-5-6-10-41(35)34-11-13-37(45)14-12-34/h2-20,25,27-28,46H,21-24,26,29-31H2,1H3,(H,47,50). The minimum absolute atomic E-state index is 0.00134. The molecule has 2 heterocycles. The van der Waals surface area contributed by atoms with E-state index in [-0.39, 0.29) is 17.1 Å². The lowest BCUT2D eigenvalue weighted by atomic mass is 9.99. The highest BCUT2D eigenvalue weighted by Crippen LogP contribution is 2.28. The first-order chi connectivity index (χ1) is 26.7. The summed E-state index contributed by atoms with van der Waals surface area (Å²) in [6, 6.07) is 36.0. The van der Waals surface area contributed by atoms with Crippen molar-refractivity contribution in [2.24, 2.45) is 0 Å². The van der Waals surface area contributed by atoms with Gasteiger partial charge in [0.1, 0.15) is 19.0 Å². The summed E-state index contributed by atoms with van der Waals surface area (Å²) in [7, 11) is -4.18. The van der Waals surface area contributed by atoms with Gasteiger partial charge in [-0.25, -0.2) is 13.1 Å². The van der Waals surface area contributed by atoms with E-state index in [4.69, 9.17) is 21.1 Å². The lowest BCUT2D eigenvalue weighted by Crippen LogP contribution is -2.46. The number of hydrogen-bond donors (Lipinski definition) is 2. The van der Waals surface area contributed by atoms with Crippen molar-refractivity contribution in [3.05, 3.63) is 167 Å². The Kier molecular flexibility index (Phi) is 11.9. The van der Waals surface area contributed by atoms with Gasteiger partial charge < -0.3 is 19.7 Å². The molecule has 5 aromatic carbocycles. The first-order valence-corrected chi connectivity index (χ1v) is 20.1. The zero-order chi connectivity index (χ0) is 38.2. The highest BCUT2D eigenvalue weighted by molar-refractivity contribution is 7.90. The molecule has 1 amide bonds. The van der Waals surface area contributed by atoms with E-state index in [1.807, 2.05) is 73.7 Å². The van der Waals surface area contributed by atoms with Crippen molar-refractivity contribution in [3.63, 3.8) is 0 Å². The smallest absolute Gasteiger partial charge is 0.265 e. The van der Waals surface area contributed by atoms with Crippen LogP contribution in [-0.2, 0) is 27.9 Å². The Labute approximate surface area is 327 Å². The number of benzene rings is 5. The van der Waals surface area contributed by atoms with Gasteiger partial charge in [-0.2, -0.15) is 0 Å². The van der Waals surface area contributed by atoms with Gasteiger partial charge in [0.05, 0.1) is 11.2 Å². The maximum Gasteiger partial charge on any atom is 0.265 e. The fraction of sp³-hybridized carbons (Fsp3) is 0.205. The molecule has 0 spiro atoms. The Morgan fingerprint density at radius 1 is 0.855 bits per heavy atom. The van der Waals surface area contributed by atoms with Crippen molar-refractivity contribution in [2.45, 2.75) is 25.0 Å². The fourth-order valence-corrected chi connectivity index (χ4v) is 7.93. The van der Waals surface area contributed by atoms with Crippen LogP contribution in [0.1, 0.15) is 27.0 Å². The quantitative estimate of drug-likeness (QED) is 0.124. The average Bonchev–Trinajstić information content (AvgIpc) is 3.21. The summed E-state index contributed by atoms with van der Waals surface area (Å²) in [5.41, 5.74) is 7.95. The number of nitrogens with zero attached hydrogens (tertiary/aromatic N) is 2. The zero-order valence-electron chi connectivity index (χ0n) is 30.6. The second-order valence-electron chi connectivity index (χ2n) is 13.6. The lowest BCUT2D eigenvalue weighted by molar-refractivity contribution is 0.0979. The van der Waals surface area contributed by atoms with Gasteiger partial charge in [0.2, 0.25) is 0 Å². The van der Waals surface area contributed by atoms with Crippen molar-refractivity contribution < 1.29 is 22.7 Å². The van der Waals surface area contributed by atoms with Crippen LogP contribution >= 0.6 is 11.6 Å². The first kappa shape index (κ1) is 37.8. The van der Waals surface area contributed by atoms with Crippen LogP contribution in [0.25, 0.3) is 11.1 Å². The number of sulfonamides is 1. The maximum atomic E-state index is 13.7. The Morgan fingerprint density at radius 3 is 2.36 bits per heavy atom. The third-order valence-corrected chi connectivity index (χ3v) is 11.4. The molecule has 2 aliphatic heterocycles. The number of nitrogens with one attached hydrogen (secondary N) is 2. The molecule has 282 valence electrons. The van der Waals surface area contributed by atoms with E-state index in [1.165, 1.54) is 17.2 Å². The molecule has 0 aromatic heterocycles. The van der Waals surface area contributed by atoms with Gasteiger partial charge >= 0.3 is 0 Å². The molecule has 2 aliphatic rings. The van der Waals surface area contributed by atoms with Crippen LogP contribution in [0.15, 0.2) is 144 Å². The Bertz CT molecular complexity index is 2310. The molecule has 0 atom stereocenters. The molecule has 0 bridgehead atoms. The summed E-state index contributed by atoms with van der Waals surface area (Å²) in [5.74, 6) is -0.0758. The summed E-state index contributed by atoms with van der Waals surface area (Å²) in [4.78, 5) is 18.5. The number of anilines is 2. The molecule has 5 aromatic rings. The Hall–Kier alpha value is -5.55. The van der Waals surface area contributed by atoms with Crippen LogP contribution in [0.3, 0.4) is 0 Å². The van der Waals surface area contributed by atoms with Crippen LogP contribution in [0.4, 0.5) is 11.4 Å². The van der Waals surface area contributed by atoms with Crippen molar-refractivity contribution >= 4 is 38.9 Å². The molecule has 9 nitrogen and oxygen atoms in total. The molecule has 1 saturated heterocycles. The molecule has 2 N–H and O–H groups in total. The van der Waals surface area contributed by atoms with Crippen LogP contribution < -0.4 is 19.7 Å². The van der Waals surface area contributed by atoms with Gasteiger partial charge in [-0.15, -0.1) is 0 Å². The van der Waals surface area contributed by atoms with E-state index in [0.717, 1.165) is 60.8 Å². The van der Waals surface area contributed by atoms with Crippen molar-refractivity contribution in [1.29, 1.82) is 0 Å². The molecule has 0 unspecified atom stereocenters. The number of amides is 1. The van der Waals surface area contributed by atoms with Crippen LogP contribution in [0.5, 0.6) is 5.75 Å². The average molecular weight is 775 g/mol. The van der Waals surface area contributed by atoms with Gasteiger partial charge in [0.15, 0.2) is 0 Å². The minimum atomic E-state index is -4.18. The van der Waals surface area contributed by atoms with Gasteiger partial charge in [0, 0.05) is 66.8 Å². The number of para-hydroxylation sites is 1. The molecule has 0 aliphatic carbocycles. The largest absolute Gasteiger partial charge is 0.497 e. The molecule has 0 saturated carbocycles. The Morgan fingerprint density at radius 2 is 1.62 bits per heavy atom. The predicted octanol–water partition coefficient (Wildman–Crippen LogP) is 8.22. The number of carbonyl (C=O) groups excluding carboxylic acids is 1. The van der Waals surface area contributed by atoms with Gasteiger partial charge in [-0.05, 0) is 108 Å². The highest BCUT2D eigenvalue weighted by Gasteiger charge is 2.24. The molecule has 11 heteroatoms. The topological polar surface area (TPSA) is 100 Å². The van der Waals surface area contributed by atoms with Crippen LogP contribution in [0.2, 0.25) is 5.02 Å². The summed E-state index contributed by atoms with van der Waals surface area (Å²) < 4.78 is 40.7. The molecule has 0 radical (unpaired) electrons. The van der Waals surface area contributed by atoms with Crippen LogP contribution in [-0.4, -0.2) is 58.6 Å². The Balaban J connectivity index is 1.04. The summed E-state index contributed by atoms with van der Waals surface area (Å²) in [6.07, 6.45) is 5.52. The van der Waals surface area contributed by atoms with Crippen molar-refractivity contribution in [1.82, 2.24) is 9.62 Å². The molecule has 55 heavy (non-hydrogen) atoms. The predicted molar refractivity (Wildman–Crippen MR) is 219 cm³/mol. The van der Waals surface area contributed by atoms with E-state index in [9.17, 15) is 13.2 Å². The second kappa shape index (κ2) is 17.3. The number of hydrogen-bond acceptors (Lipinski definition) is 8. The van der Waals surface area contributed by atoms with E-state index in [2.05, 4.69) is 56.2 Å². The van der Waals surface area contributed by atoms with Gasteiger partial charge in [0.25, 0.3) is 15.9 Å². The molecule has 7 rings (SSSR count). The maximum absolute atomic E-state index is 13.7. The zero-order valence-corrected chi connectivity index (χ0v) is 32.2. The van der Waals surface area contributed by atoms with Gasteiger partial charge in [-0.3, -0.25) is 9.69 Å². The number of ether oxygens (including phenoxy) is 2. The number of rotatable bonds is 13. The highest BCUT2D eigenvalue weighted by atomic mass is 35.5. The molecular formula is C44H43ClN4O5S. The third-order valence-electron chi connectivity index (χ3n) is 9.81. The third kappa shape index (κ3) is 9.58. The lowest BCUT2D eigenvalue weighted by Gasteiger charge is -2.36. The van der Waals surface area contributed by atoms with E-state index < -0.39 is 15.9 Å². The fourth-order valence-electron chi connectivity index (χ4n) is 6.75. The minimum Gasteiger partial charge on any atom is -0.497 e. The monoisotopic (exact) mass is 774 g/mol. The van der Waals surface area contributed by atoms with Crippen molar-refractivity contribution in [3.8, 4) is 16.9 Å². The first-order valence-electron chi connectivity index (χ1n) is 18.2. The summed E-state index contributed by atoms with van der Waals surface area (Å²) in [6.45, 7) is 7.10. The molecular weight excluding hydrogens is 732 g/mol. The van der Waals surface area contributed by atoms with E-state index >= 15 is 0 Å². The number of piperazine rings is 1. The van der Waals surface area contributed by atoms with Crippen LogP contribution in [0, 0.1) is 6.92 Å². The molecule has 1 fully saturated rings. The van der Waals surface area contributed by atoms with E-state index in [0.29, 0.717) is 29.5 Å². The summed E-state index contributed by atoms with van der Waals surface area (Å²) in [5, 5.41) is 4.05. The second-order valence-corrected chi connectivity index (χ2v) is 15.7. The summed E-state index contributed by atoms with van der Waals surface area (Å²) >= 11 is 6.15. The number of halogens is 1. The number of aryl methyl sites for hydroxylation is 1. The number of carbonyl (C=O) groups is 1. The van der Waals surface area contributed by atoms with E-state index in [1.54, 1.807) is 24.5 Å².